The molecule has 2 aromatic carbocycles. The van der Waals surface area contributed by atoms with E-state index in [0.29, 0.717) is 23.1 Å². The Morgan fingerprint density at radius 1 is 1.25 bits per heavy atom. The maximum atomic E-state index is 12.9. The number of fused-ring (bicyclic) bond motifs is 1. The van der Waals surface area contributed by atoms with E-state index >= 15 is 0 Å². The monoisotopic (exact) mass is 411 g/mol. The van der Waals surface area contributed by atoms with Crippen molar-refractivity contribution in [3.05, 3.63) is 69.7 Å². The first kappa shape index (κ1) is 18.7. The first-order valence-electron chi connectivity index (χ1n) is 8.82. The Bertz CT molecular complexity index is 984. The molecule has 1 atom stereocenters. The van der Waals surface area contributed by atoms with Gasteiger partial charge in [0.15, 0.2) is 0 Å². The number of benzene rings is 2. The van der Waals surface area contributed by atoms with Crippen LogP contribution in [-0.2, 0) is 4.79 Å². The number of methoxy groups -OCH3 is 1. The number of rotatable bonds is 3. The lowest BCUT2D eigenvalue weighted by Crippen LogP contribution is -2.47. The fraction of sp³-hybridized carbons (Fsp3) is 0.238. The molecule has 2 heterocycles. The van der Waals surface area contributed by atoms with Crippen molar-refractivity contribution in [3.8, 4) is 11.8 Å². The summed E-state index contributed by atoms with van der Waals surface area (Å²) < 4.78 is 5.21. The van der Waals surface area contributed by atoms with Gasteiger partial charge in [0, 0.05) is 23.0 Å². The number of carbonyl (C=O) groups is 1. The van der Waals surface area contributed by atoms with Crippen LogP contribution in [0.5, 0.6) is 5.75 Å². The summed E-state index contributed by atoms with van der Waals surface area (Å²) in [5.41, 5.74) is 2.57. The molecular formula is C21H18ClN3O2S. The number of anilines is 1. The van der Waals surface area contributed by atoms with Crippen molar-refractivity contribution < 1.29 is 9.53 Å². The number of halogens is 1. The van der Waals surface area contributed by atoms with Gasteiger partial charge in [0.25, 0.3) is 0 Å². The van der Waals surface area contributed by atoms with Gasteiger partial charge in [-0.1, -0.05) is 41.6 Å². The number of nitriles is 1. The van der Waals surface area contributed by atoms with E-state index in [1.54, 1.807) is 12.0 Å². The zero-order valence-electron chi connectivity index (χ0n) is 15.3. The molecule has 5 nitrogen and oxygen atoms in total. The molecule has 1 fully saturated rings. The molecule has 2 aliphatic rings. The van der Waals surface area contributed by atoms with Crippen molar-refractivity contribution in [2.45, 2.75) is 12.3 Å². The zero-order chi connectivity index (χ0) is 19.7. The van der Waals surface area contributed by atoms with E-state index in [2.05, 4.69) is 11.0 Å². The van der Waals surface area contributed by atoms with Crippen LogP contribution in [0, 0.1) is 11.3 Å². The smallest absolute Gasteiger partial charge is 0.229 e. The van der Waals surface area contributed by atoms with Gasteiger partial charge < -0.3 is 9.64 Å². The minimum Gasteiger partial charge on any atom is -0.497 e. The van der Waals surface area contributed by atoms with Gasteiger partial charge in [-0.25, -0.2) is 0 Å². The summed E-state index contributed by atoms with van der Waals surface area (Å²) in [6.07, 6.45) is 0.280. The summed E-state index contributed by atoms with van der Waals surface area (Å²) in [7, 11) is 1.62. The number of nitrogens with zero attached hydrogens (tertiary/aromatic N) is 3. The number of thioether (sulfide) groups is 1. The Kier molecular flexibility index (Phi) is 5.21. The Morgan fingerprint density at radius 2 is 2.04 bits per heavy atom. The number of allylic oxidation sites excluding steroid dienone is 1. The second kappa shape index (κ2) is 7.78. The number of hydrogen-bond donors (Lipinski definition) is 0. The van der Waals surface area contributed by atoms with E-state index in [0.717, 1.165) is 22.0 Å². The Balaban J connectivity index is 1.65. The van der Waals surface area contributed by atoms with Crippen molar-refractivity contribution in [3.63, 3.8) is 0 Å². The van der Waals surface area contributed by atoms with Crippen LogP contribution in [0.25, 0.3) is 0 Å². The minimum absolute atomic E-state index is 0.0223. The van der Waals surface area contributed by atoms with Crippen LogP contribution in [0.4, 0.5) is 5.69 Å². The normalized spacial score (nSPS) is 19.3. The molecule has 0 spiro atoms. The molecule has 0 N–H and O–H groups in total. The average Bonchev–Trinajstić information content (AvgIpc) is 2.73. The molecule has 2 aromatic rings. The lowest BCUT2D eigenvalue weighted by atomic mass is 9.86. The standard InChI is InChI=1S/C21H18ClN3O2S/c1-27-17-7-5-14(6-8-17)18-10-20(26)25-12-24(13-28-21(25)19(18)11-23)16-4-2-3-15(22)9-16/h2-9,18H,10,12-13H2,1H3/t18-/m1/s1. The summed E-state index contributed by atoms with van der Waals surface area (Å²) in [5, 5.41) is 11.3. The fourth-order valence-corrected chi connectivity index (χ4v) is 4.87. The predicted molar refractivity (Wildman–Crippen MR) is 111 cm³/mol. The third kappa shape index (κ3) is 3.44. The number of carbonyl (C=O) groups excluding carboxylic acids is 1. The van der Waals surface area contributed by atoms with Gasteiger partial charge >= 0.3 is 0 Å². The molecule has 0 unspecified atom stereocenters. The SMILES string of the molecule is COc1ccc([C@H]2CC(=O)N3CN(c4cccc(Cl)c4)CSC3=C2C#N)cc1. The molecule has 0 radical (unpaired) electrons. The van der Waals surface area contributed by atoms with Crippen LogP contribution < -0.4 is 9.64 Å². The summed E-state index contributed by atoms with van der Waals surface area (Å²) in [4.78, 5) is 16.7. The number of ether oxygens (including phenoxy) is 1. The van der Waals surface area contributed by atoms with E-state index < -0.39 is 0 Å². The van der Waals surface area contributed by atoms with Gasteiger partial charge in [0.2, 0.25) is 5.91 Å². The maximum absolute atomic E-state index is 12.9. The highest BCUT2D eigenvalue weighted by Crippen LogP contribution is 2.43. The molecule has 4 rings (SSSR count). The lowest BCUT2D eigenvalue weighted by molar-refractivity contribution is -0.129. The van der Waals surface area contributed by atoms with Crippen LogP contribution in [0.2, 0.25) is 5.02 Å². The molecule has 0 aliphatic carbocycles. The van der Waals surface area contributed by atoms with Crippen molar-refractivity contribution in [2.24, 2.45) is 0 Å². The molecule has 7 heteroatoms. The van der Waals surface area contributed by atoms with Crippen molar-refractivity contribution in [1.29, 1.82) is 5.26 Å². The second-order valence-corrected chi connectivity index (χ2v) is 7.99. The average molecular weight is 412 g/mol. The quantitative estimate of drug-likeness (QED) is 0.740. The van der Waals surface area contributed by atoms with Gasteiger partial charge in [0.1, 0.15) is 5.75 Å². The van der Waals surface area contributed by atoms with Crippen molar-refractivity contribution >= 4 is 35.0 Å². The minimum atomic E-state index is -0.222. The molecule has 0 saturated carbocycles. The Labute approximate surface area is 173 Å². The van der Waals surface area contributed by atoms with Crippen molar-refractivity contribution in [1.82, 2.24) is 4.90 Å². The lowest BCUT2D eigenvalue weighted by Gasteiger charge is -2.42. The van der Waals surface area contributed by atoms with Crippen LogP contribution in [0.15, 0.2) is 59.1 Å². The van der Waals surface area contributed by atoms with Gasteiger partial charge in [-0.2, -0.15) is 5.26 Å². The molecular weight excluding hydrogens is 394 g/mol. The fourth-order valence-electron chi connectivity index (χ4n) is 3.52. The van der Waals surface area contributed by atoms with Crippen LogP contribution in [0.3, 0.4) is 0 Å². The van der Waals surface area contributed by atoms with Crippen LogP contribution in [0.1, 0.15) is 17.9 Å². The summed E-state index contributed by atoms with van der Waals surface area (Å²) >= 11 is 7.63. The predicted octanol–water partition coefficient (Wildman–Crippen LogP) is 4.57. The molecule has 2 aliphatic heterocycles. The van der Waals surface area contributed by atoms with E-state index in [4.69, 9.17) is 16.3 Å². The zero-order valence-corrected chi connectivity index (χ0v) is 16.8. The van der Waals surface area contributed by atoms with Gasteiger partial charge in [-0.05, 0) is 35.9 Å². The third-order valence-corrected chi connectivity index (χ3v) is 6.37. The molecule has 0 bridgehead atoms. The van der Waals surface area contributed by atoms with Crippen molar-refractivity contribution in [2.75, 3.05) is 24.6 Å². The second-order valence-electron chi connectivity index (χ2n) is 6.62. The van der Waals surface area contributed by atoms with Gasteiger partial charge in [-0.3, -0.25) is 9.69 Å². The highest BCUT2D eigenvalue weighted by atomic mass is 35.5. The maximum Gasteiger partial charge on any atom is 0.229 e. The highest BCUT2D eigenvalue weighted by molar-refractivity contribution is 8.03. The van der Waals surface area contributed by atoms with E-state index in [1.165, 1.54) is 11.8 Å². The Morgan fingerprint density at radius 3 is 2.71 bits per heavy atom. The Hall–Kier alpha value is -2.62. The summed E-state index contributed by atoms with van der Waals surface area (Å²) in [6.45, 7) is 0.419. The first-order valence-corrected chi connectivity index (χ1v) is 10.2. The van der Waals surface area contributed by atoms with E-state index in [1.807, 2.05) is 48.5 Å². The van der Waals surface area contributed by atoms with E-state index in [-0.39, 0.29) is 18.2 Å². The molecule has 142 valence electrons. The largest absolute Gasteiger partial charge is 0.497 e. The van der Waals surface area contributed by atoms with E-state index in [9.17, 15) is 10.1 Å². The molecule has 28 heavy (non-hydrogen) atoms. The molecule has 0 aromatic heterocycles. The van der Waals surface area contributed by atoms with Gasteiger partial charge in [-0.15, -0.1) is 0 Å². The number of amides is 1. The van der Waals surface area contributed by atoms with Gasteiger partial charge in [0.05, 0.1) is 36.3 Å². The third-order valence-electron chi connectivity index (χ3n) is 4.99. The summed E-state index contributed by atoms with van der Waals surface area (Å²) in [6, 6.07) is 17.5. The molecule has 1 saturated heterocycles. The highest BCUT2D eigenvalue weighted by Gasteiger charge is 2.38. The molecule has 1 amide bonds. The number of hydrogen-bond acceptors (Lipinski definition) is 5. The first-order chi connectivity index (χ1) is 13.6. The van der Waals surface area contributed by atoms with Crippen LogP contribution in [-0.4, -0.2) is 30.5 Å². The van der Waals surface area contributed by atoms with Crippen LogP contribution >= 0.6 is 23.4 Å². The topological polar surface area (TPSA) is 56.6 Å². The summed E-state index contributed by atoms with van der Waals surface area (Å²) in [5.74, 6) is 1.21.